The molecule has 0 spiro atoms. The third-order valence-corrected chi connectivity index (χ3v) is 7.90. The zero-order chi connectivity index (χ0) is 14.4. The Morgan fingerprint density at radius 2 is 1.74 bits per heavy atom. The molecule has 0 amide bonds. The molecule has 110 valence electrons. The topological polar surface area (TPSA) is 26.3 Å². The highest BCUT2D eigenvalue weighted by atomic mass is 28.3. The van der Waals surface area contributed by atoms with Crippen molar-refractivity contribution in [1.29, 1.82) is 0 Å². The minimum Gasteiger partial charge on any atom is -0.460 e. The van der Waals surface area contributed by atoms with Crippen molar-refractivity contribution in [1.82, 2.24) is 0 Å². The summed E-state index contributed by atoms with van der Waals surface area (Å²) in [5.74, 6) is 2.32. The number of hydrogen-bond donors (Lipinski definition) is 0. The van der Waals surface area contributed by atoms with Crippen molar-refractivity contribution >= 4 is 14.0 Å². The van der Waals surface area contributed by atoms with Crippen LogP contribution in [0.25, 0.3) is 0 Å². The summed E-state index contributed by atoms with van der Waals surface area (Å²) in [6.45, 7) is 13.4. The first-order valence-electron chi connectivity index (χ1n) is 7.78. The van der Waals surface area contributed by atoms with Crippen LogP contribution < -0.4 is 0 Å². The van der Waals surface area contributed by atoms with Crippen molar-refractivity contribution in [2.24, 2.45) is 17.8 Å². The molecule has 0 aliphatic heterocycles. The van der Waals surface area contributed by atoms with Gasteiger partial charge in [-0.25, -0.2) is 0 Å². The van der Waals surface area contributed by atoms with Gasteiger partial charge in [0.15, 0.2) is 0 Å². The summed E-state index contributed by atoms with van der Waals surface area (Å²) < 4.78 is 5.47. The quantitative estimate of drug-likeness (QED) is 0.564. The lowest BCUT2D eigenvalue weighted by atomic mass is 9.86. The second kappa shape index (κ2) is 4.91. The van der Waals surface area contributed by atoms with Gasteiger partial charge in [-0.05, 0) is 63.3 Å². The number of carbonyl (C=O) groups is 1. The third kappa shape index (κ3) is 3.62. The number of hydrogen-bond acceptors (Lipinski definition) is 2. The van der Waals surface area contributed by atoms with Crippen molar-refractivity contribution in [3.05, 3.63) is 0 Å². The van der Waals surface area contributed by atoms with Crippen LogP contribution in [0.5, 0.6) is 0 Å². The molecule has 4 atom stereocenters. The van der Waals surface area contributed by atoms with E-state index in [0.29, 0.717) is 12.3 Å². The van der Waals surface area contributed by atoms with E-state index in [1.165, 1.54) is 19.3 Å². The smallest absolute Gasteiger partial charge is 0.306 e. The first-order valence-corrected chi connectivity index (χ1v) is 11.4. The van der Waals surface area contributed by atoms with Crippen molar-refractivity contribution in [3.63, 3.8) is 0 Å². The third-order valence-electron chi connectivity index (χ3n) is 4.96. The lowest BCUT2D eigenvalue weighted by Crippen LogP contribution is -2.34. The van der Waals surface area contributed by atoms with E-state index >= 15 is 0 Å². The maximum Gasteiger partial charge on any atom is 0.306 e. The van der Waals surface area contributed by atoms with Crippen molar-refractivity contribution in [2.45, 2.75) is 77.2 Å². The number of carbonyl (C=O) groups excluding carboxylic acids is 1. The molecule has 0 saturated heterocycles. The van der Waals surface area contributed by atoms with Gasteiger partial charge in [0.2, 0.25) is 0 Å². The molecule has 0 aromatic rings. The van der Waals surface area contributed by atoms with Gasteiger partial charge in [-0.3, -0.25) is 4.79 Å². The summed E-state index contributed by atoms with van der Waals surface area (Å²) in [6, 6.07) is 0. The van der Waals surface area contributed by atoms with Gasteiger partial charge in [0.05, 0.1) is 0 Å². The van der Waals surface area contributed by atoms with Crippen LogP contribution in [-0.4, -0.2) is 19.6 Å². The summed E-state index contributed by atoms with van der Waals surface area (Å²) >= 11 is 0. The van der Waals surface area contributed by atoms with Crippen LogP contribution in [0, 0.1) is 17.8 Å². The number of rotatable bonds is 3. The summed E-state index contributed by atoms with van der Waals surface area (Å²) in [5, 5.41) is 0. The second-order valence-electron chi connectivity index (χ2n) is 8.75. The van der Waals surface area contributed by atoms with Gasteiger partial charge < -0.3 is 4.74 Å². The molecule has 0 heterocycles. The van der Waals surface area contributed by atoms with Gasteiger partial charge in [0.1, 0.15) is 5.60 Å². The standard InChI is InChI=1S/C16H30O2Si/c1-16(2,3)18-15(17)10-12-8-13-7-11(12)9-14(13)19(4,5)6/h11-14H,7-10H2,1-6H3. The Labute approximate surface area is 119 Å². The lowest BCUT2D eigenvalue weighted by molar-refractivity contribution is -0.156. The Kier molecular flexibility index (Phi) is 3.89. The first-order chi connectivity index (χ1) is 8.56. The molecule has 2 saturated carbocycles. The fourth-order valence-corrected chi connectivity index (χ4v) is 7.00. The van der Waals surface area contributed by atoms with Gasteiger partial charge >= 0.3 is 5.97 Å². The summed E-state index contributed by atoms with van der Waals surface area (Å²) in [4.78, 5) is 12.0. The van der Waals surface area contributed by atoms with E-state index in [1.54, 1.807) is 0 Å². The molecule has 2 bridgehead atoms. The van der Waals surface area contributed by atoms with E-state index < -0.39 is 8.07 Å². The molecule has 19 heavy (non-hydrogen) atoms. The van der Waals surface area contributed by atoms with E-state index in [-0.39, 0.29) is 11.6 Å². The predicted molar refractivity (Wildman–Crippen MR) is 81.9 cm³/mol. The van der Waals surface area contributed by atoms with Crippen molar-refractivity contribution < 1.29 is 9.53 Å². The average molecular weight is 282 g/mol. The van der Waals surface area contributed by atoms with Crippen LogP contribution in [0.2, 0.25) is 25.2 Å². The van der Waals surface area contributed by atoms with Gasteiger partial charge in [0.25, 0.3) is 0 Å². The largest absolute Gasteiger partial charge is 0.460 e. The highest BCUT2D eigenvalue weighted by molar-refractivity contribution is 6.77. The Balaban J connectivity index is 1.87. The van der Waals surface area contributed by atoms with E-state index in [2.05, 4.69) is 19.6 Å². The highest BCUT2D eigenvalue weighted by Crippen LogP contribution is 2.58. The Hall–Kier alpha value is -0.313. The number of esters is 1. The van der Waals surface area contributed by atoms with Crippen LogP contribution in [0.15, 0.2) is 0 Å². The minimum atomic E-state index is -1.00. The fraction of sp³-hybridized carbons (Fsp3) is 0.938. The lowest BCUT2D eigenvalue weighted by Gasteiger charge is -2.35. The molecule has 2 aliphatic rings. The molecule has 0 N–H and O–H groups in total. The molecule has 0 aromatic heterocycles. The zero-order valence-corrected chi connectivity index (χ0v) is 14.5. The zero-order valence-electron chi connectivity index (χ0n) is 13.5. The van der Waals surface area contributed by atoms with E-state index in [1.807, 2.05) is 20.8 Å². The maximum absolute atomic E-state index is 12.0. The summed E-state index contributed by atoms with van der Waals surface area (Å²) in [6.07, 6.45) is 4.69. The van der Waals surface area contributed by atoms with E-state index in [4.69, 9.17) is 4.74 Å². The predicted octanol–water partition coefficient (Wildman–Crippen LogP) is 4.47. The van der Waals surface area contributed by atoms with E-state index in [0.717, 1.165) is 17.4 Å². The maximum atomic E-state index is 12.0. The summed E-state index contributed by atoms with van der Waals surface area (Å²) in [7, 11) is -1.00. The number of fused-ring (bicyclic) bond motifs is 2. The van der Waals surface area contributed by atoms with Crippen LogP contribution >= 0.6 is 0 Å². The minimum absolute atomic E-state index is 0.00889. The molecule has 0 radical (unpaired) electrons. The average Bonchev–Trinajstić information content (AvgIpc) is 2.71. The van der Waals surface area contributed by atoms with Crippen molar-refractivity contribution in [3.8, 4) is 0 Å². The molecular formula is C16H30O2Si. The van der Waals surface area contributed by atoms with Gasteiger partial charge in [0, 0.05) is 14.5 Å². The molecular weight excluding hydrogens is 252 g/mol. The molecule has 2 aliphatic carbocycles. The van der Waals surface area contributed by atoms with Crippen molar-refractivity contribution in [2.75, 3.05) is 0 Å². The molecule has 4 unspecified atom stereocenters. The highest BCUT2D eigenvalue weighted by Gasteiger charge is 2.50. The Morgan fingerprint density at radius 3 is 2.16 bits per heavy atom. The molecule has 2 fully saturated rings. The van der Waals surface area contributed by atoms with Crippen LogP contribution in [0.1, 0.15) is 46.5 Å². The summed E-state index contributed by atoms with van der Waals surface area (Å²) in [5.41, 5.74) is 0.655. The molecule has 0 aromatic carbocycles. The fourth-order valence-electron chi connectivity index (χ4n) is 4.30. The first kappa shape index (κ1) is 15.1. The second-order valence-corrected chi connectivity index (χ2v) is 14.2. The van der Waals surface area contributed by atoms with Gasteiger partial charge in [-0.1, -0.05) is 19.6 Å². The van der Waals surface area contributed by atoms with Gasteiger partial charge in [-0.2, -0.15) is 0 Å². The van der Waals surface area contributed by atoms with Crippen LogP contribution in [0.3, 0.4) is 0 Å². The Morgan fingerprint density at radius 1 is 1.11 bits per heavy atom. The molecule has 2 rings (SSSR count). The number of ether oxygens (including phenoxy) is 1. The molecule has 2 nitrogen and oxygen atoms in total. The van der Waals surface area contributed by atoms with Gasteiger partial charge in [-0.15, -0.1) is 0 Å². The Bertz CT molecular complexity index is 351. The monoisotopic (exact) mass is 282 g/mol. The van der Waals surface area contributed by atoms with Crippen LogP contribution in [0.4, 0.5) is 0 Å². The van der Waals surface area contributed by atoms with Crippen LogP contribution in [-0.2, 0) is 9.53 Å². The van der Waals surface area contributed by atoms with E-state index in [9.17, 15) is 4.79 Å². The SMILES string of the molecule is CC(C)(C)OC(=O)CC1CC2CC1CC2[Si](C)(C)C. The normalized spacial score (nSPS) is 34.6. The molecule has 3 heteroatoms.